The maximum Gasteiger partial charge on any atom is 0.250 e. The van der Waals surface area contributed by atoms with E-state index >= 15 is 0 Å². The van der Waals surface area contributed by atoms with Crippen LogP contribution in [0.25, 0.3) is 0 Å². The molecule has 0 bridgehead atoms. The number of benzene rings is 1. The molecule has 0 spiro atoms. The molecule has 1 rings (SSSR count). The number of carbonyl (C=O) groups is 1. The molecule has 1 unspecified atom stereocenters. The molecule has 0 aromatic heterocycles. The average molecular weight is 249 g/mol. The van der Waals surface area contributed by atoms with Gasteiger partial charge in [-0.3, -0.25) is 9.63 Å². The zero-order chi connectivity index (χ0) is 13.5. The fourth-order valence-electron chi connectivity index (χ4n) is 1.96. The number of carbonyl (C=O) groups excluding carboxylic acids is 1. The van der Waals surface area contributed by atoms with E-state index in [2.05, 4.69) is 25.4 Å². The van der Waals surface area contributed by atoms with Crippen molar-refractivity contribution in [1.29, 1.82) is 0 Å². The molecule has 0 aliphatic carbocycles. The minimum atomic E-state index is -0.188. The van der Waals surface area contributed by atoms with Crippen molar-refractivity contribution in [3.8, 4) is 0 Å². The summed E-state index contributed by atoms with van der Waals surface area (Å²) >= 11 is 0. The van der Waals surface area contributed by atoms with Crippen LogP contribution in [0.4, 0.5) is 0 Å². The molecular weight excluding hydrogens is 226 g/mol. The molecule has 3 heteroatoms. The lowest BCUT2D eigenvalue weighted by Crippen LogP contribution is -2.28. The van der Waals surface area contributed by atoms with Crippen molar-refractivity contribution in [3.05, 3.63) is 35.4 Å². The van der Waals surface area contributed by atoms with Crippen LogP contribution in [0, 0.1) is 5.92 Å². The number of hydrogen-bond acceptors (Lipinski definition) is 2. The van der Waals surface area contributed by atoms with E-state index in [4.69, 9.17) is 4.84 Å². The van der Waals surface area contributed by atoms with Crippen molar-refractivity contribution >= 4 is 5.91 Å². The molecule has 0 aliphatic heterocycles. The molecular formula is C15H23NO2. The molecule has 1 N–H and O–H groups in total. The Balaban J connectivity index is 2.84. The first kappa shape index (κ1) is 14.7. The fraction of sp³-hybridized carbons (Fsp3) is 0.533. The van der Waals surface area contributed by atoms with Gasteiger partial charge in [0.1, 0.15) is 0 Å². The van der Waals surface area contributed by atoms with Crippen molar-refractivity contribution in [3.63, 3.8) is 0 Å². The summed E-state index contributed by atoms with van der Waals surface area (Å²) in [5.74, 6) is 0.299. The third-order valence-corrected chi connectivity index (χ3v) is 2.86. The normalized spacial score (nSPS) is 12.5. The Bertz CT molecular complexity index is 388. The summed E-state index contributed by atoms with van der Waals surface area (Å²) in [7, 11) is 0. The number of nitrogens with one attached hydrogen (secondary N) is 1. The number of rotatable bonds is 6. The maximum atomic E-state index is 11.9. The lowest BCUT2D eigenvalue weighted by atomic mass is 9.90. The van der Waals surface area contributed by atoms with Crippen LogP contribution in [0.5, 0.6) is 0 Å². The van der Waals surface area contributed by atoms with E-state index in [0.717, 1.165) is 12.0 Å². The van der Waals surface area contributed by atoms with Crippen molar-refractivity contribution in [2.45, 2.75) is 40.0 Å². The maximum absolute atomic E-state index is 11.9. The van der Waals surface area contributed by atoms with Gasteiger partial charge in [0.15, 0.2) is 0 Å². The third-order valence-electron chi connectivity index (χ3n) is 2.86. The minimum absolute atomic E-state index is 0.0898. The molecule has 100 valence electrons. The van der Waals surface area contributed by atoms with Gasteiger partial charge in [0.2, 0.25) is 0 Å². The second kappa shape index (κ2) is 7.17. The average Bonchev–Trinajstić information content (AvgIpc) is 2.35. The van der Waals surface area contributed by atoms with Crippen LogP contribution in [0.15, 0.2) is 24.3 Å². The van der Waals surface area contributed by atoms with Crippen molar-refractivity contribution in [1.82, 2.24) is 5.48 Å². The minimum Gasteiger partial charge on any atom is -0.274 e. The highest BCUT2D eigenvalue weighted by atomic mass is 16.6. The van der Waals surface area contributed by atoms with Crippen LogP contribution in [-0.4, -0.2) is 12.5 Å². The Morgan fingerprint density at radius 3 is 2.56 bits per heavy atom. The summed E-state index contributed by atoms with van der Waals surface area (Å²) in [4.78, 5) is 16.9. The van der Waals surface area contributed by atoms with Crippen LogP contribution in [0.3, 0.4) is 0 Å². The monoisotopic (exact) mass is 249 g/mol. The second-order valence-corrected chi connectivity index (χ2v) is 4.92. The smallest absolute Gasteiger partial charge is 0.250 e. The third kappa shape index (κ3) is 4.15. The predicted molar refractivity (Wildman–Crippen MR) is 73.2 cm³/mol. The van der Waals surface area contributed by atoms with Gasteiger partial charge >= 0.3 is 0 Å². The Morgan fingerprint density at radius 1 is 1.28 bits per heavy atom. The van der Waals surface area contributed by atoms with E-state index in [1.165, 1.54) is 5.56 Å². The molecule has 0 aliphatic rings. The molecule has 0 saturated heterocycles. The molecule has 1 aromatic carbocycles. The van der Waals surface area contributed by atoms with Crippen LogP contribution in [-0.2, 0) is 16.1 Å². The molecule has 0 fully saturated rings. The van der Waals surface area contributed by atoms with Gasteiger partial charge < -0.3 is 0 Å². The highest BCUT2D eigenvalue weighted by Gasteiger charge is 2.18. The molecule has 1 aromatic rings. The van der Waals surface area contributed by atoms with Gasteiger partial charge in [-0.15, -0.1) is 0 Å². The Kier molecular flexibility index (Phi) is 5.86. The first-order chi connectivity index (χ1) is 8.56. The lowest BCUT2D eigenvalue weighted by molar-refractivity contribution is -0.134. The van der Waals surface area contributed by atoms with Gasteiger partial charge in [-0.2, -0.15) is 0 Å². The summed E-state index contributed by atoms with van der Waals surface area (Å²) in [6.07, 6.45) is 0.989. The summed E-state index contributed by atoms with van der Waals surface area (Å²) < 4.78 is 0. The summed E-state index contributed by atoms with van der Waals surface area (Å²) in [5, 5.41) is 0. The summed E-state index contributed by atoms with van der Waals surface area (Å²) in [6, 6.07) is 8.12. The number of hydroxylamine groups is 1. The molecule has 0 heterocycles. The largest absolute Gasteiger partial charge is 0.274 e. The Morgan fingerprint density at radius 2 is 1.94 bits per heavy atom. The van der Waals surface area contributed by atoms with E-state index in [1.807, 2.05) is 32.0 Å². The highest BCUT2D eigenvalue weighted by molar-refractivity contribution is 5.82. The molecule has 1 atom stereocenters. The zero-order valence-corrected chi connectivity index (χ0v) is 11.7. The summed E-state index contributed by atoms with van der Waals surface area (Å²) in [5.41, 5.74) is 4.80. The van der Waals surface area contributed by atoms with Gasteiger partial charge in [-0.25, -0.2) is 5.48 Å². The van der Waals surface area contributed by atoms with Gasteiger partial charge in [-0.05, 0) is 37.3 Å². The lowest BCUT2D eigenvalue weighted by Gasteiger charge is -2.17. The van der Waals surface area contributed by atoms with E-state index in [-0.39, 0.29) is 11.8 Å². The van der Waals surface area contributed by atoms with Gasteiger partial charge in [0, 0.05) is 0 Å². The van der Waals surface area contributed by atoms with Crippen LogP contribution < -0.4 is 5.48 Å². The van der Waals surface area contributed by atoms with E-state index in [0.29, 0.717) is 12.5 Å². The Labute approximate surface area is 109 Å². The van der Waals surface area contributed by atoms with E-state index in [9.17, 15) is 4.79 Å². The van der Waals surface area contributed by atoms with Crippen LogP contribution in [0.2, 0.25) is 0 Å². The van der Waals surface area contributed by atoms with Crippen LogP contribution >= 0.6 is 0 Å². The molecule has 0 radical (unpaired) electrons. The topological polar surface area (TPSA) is 38.3 Å². The standard InChI is InChI=1S/C15H23NO2/c1-5-18-16-15(17)12(4)14-9-7-6-8-13(14)10-11(2)3/h6-9,11-12H,5,10H2,1-4H3,(H,16,17). The van der Waals surface area contributed by atoms with E-state index in [1.54, 1.807) is 0 Å². The number of amides is 1. The van der Waals surface area contributed by atoms with Gasteiger partial charge in [-0.1, -0.05) is 38.1 Å². The quantitative estimate of drug-likeness (QED) is 0.787. The molecule has 3 nitrogen and oxygen atoms in total. The summed E-state index contributed by atoms with van der Waals surface area (Å²) in [6.45, 7) is 8.60. The van der Waals surface area contributed by atoms with Crippen molar-refractivity contribution in [2.24, 2.45) is 5.92 Å². The first-order valence-electron chi connectivity index (χ1n) is 6.55. The Hall–Kier alpha value is -1.35. The van der Waals surface area contributed by atoms with E-state index < -0.39 is 0 Å². The zero-order valence-electron chi connectivity index (χ0n) is 11.7. The number of hydrogen-bond donors (Lipinski definition) is 1. The first-order valence-corrected chi connectivity index (χ1v) is 6.55. The predicted octanol–water partition coefficient (Wildman–Crippen LogP) is 3.06. The fourth-order valence-corrected chi connectivity index (χ4v) is 1.96. The molecule has 1 amide bonds. The van der Waals surface area contributed by atoms with Crippen LogP contribution in [0.1, 0.15) is 44.7 Å². The van der Waals surface area contributed by atoms with Crippen molar-refractivity contribution in [2.75, 3.05) is 6.61 Å². The second-order valence-electron chi connectivity index (χ2n) is 4.92. The van der Waals surface area contributed by atoms with Gasteiger partial charge in [0.05, 0.1) is 12.5 Å². The molecule has 18 heavy (non-hydrogen) atoms. The highest BCUT2D eigenvalue weighted by Crippen LogP contribution is 2.22. The SMILES string of the molecule is CCONC(=O)C(C)c1ccccc1CC(C)C. The van der Waals surface area contributed by atoms with Crippen molar-refractivity contribution < 1.29 is 9.63 Å². The molecule has 0 saturated carbocycles. The van der Waals surface area contributed by atoms with Gasteiger partial charge in [0.25, 0.3) is 5.91 Å².